The lowest BCUT2D eigenvalue weighted by molar-refractivity contribution is -0.152. The SMILES string of the molecule is CCC1(C(=O)O)CCN(C(=O)N2CCC(N)CC2)CC1. The molecule has 114 valence electrons. The molecule has 0 radical (unpaired) electrons. The van der Waals surface area contributed by atoms with Crippen LogP contribution in [0.3, 0.4) is 0 Å². The molecule has 0 spiro atoms. The Hall–Kier alpha value is -1.30. The summed E-state index contributed by atoms with van der Waals surface area (Å²) in [6.45, 7) is 4.43. The van der Waals surface area contributed by atoms with E-state index in [1.54, 1.807) is 4.90 Å². The van der Waals surface area contributed by atoms with E-state index in [-0.39, 0.29) is 12.1 Å². The third-order valence-corrected chi connectivity index (χ3v) is 4.93. The van der Waals surface area contributed by atoms with Crippen molar-refractivity contribution in [3.05, 3.63) is 0 Å². The van der Waals surface area contributed by atoms with E-state index in [1.165, 1.54) is 0 Å². The van der Waals surface area contributed by atoms with Gasteiger partial charge in [0.2, 0.25) is 0 Å². The summed E-state index contributed by atoms with van der Waals surface area (Å²) in [5, 5.41) is 9.36. The predicted molar refractivity (Wildman–Crippen MR) is 75.3 cm³/mol. The molecule has 0 saturated carbocycles. The number of carboxylic acid groups (broad SMARTS) is 1. The van der Waals surface area contributed by atoms with Gasteiger partial charge in [-0.1, -0.05) is 6.92 Å². The lowest BCUT2D eigenvalue weighted by Gasteiger charge is -2.41. The molecular weight excluding hydrogens is 258 g/mol. The highest BCUT2D eigenvalue weighted by Crippen LogP contribution is 2.35. The van der Waals surface area contributed by atoms with Crippen LogP contribution in [0.5, 0.6) is 0 Å². The zero-order chi connectivity index (χ0) is 14.8. The van der Waals surface area contributed by atoms with Crippen molar-refractivity contribution in [1.82, 2.24) is 9.80 Å². The number of likely N-dealkylation sites (tertiary alicyclic amines) is 2. The molecule has 0 aromatic carbocycles. The van der Waals surface area contributed by atoms with Gasteiger partial charge >= 0.3 is 12.0 Å². The Balaban J connectivity index is 1.90. The van der Waals surface area contributed by atoms with Crippen LogP contribution in [-0.2, 0) is 4.79 Å². The fourth-order valence-electron chi connectivity index (χ4n) is 3.14. The predicted octanol–water partition coefficient (Wildman–Crippen LogP) is 1.11. The molecule has 2 aliphatic rings. The van der Waals surface area contributed by atoms with Gasteiger partial charge in [0.1, 0.15) is 0 Å². The highest BCUT2D eigenvalue weighted by Gasteiger charge is 2.41. The Kier molecular flexibility index (Phi) is 4.52. The zero-order valence-electron chi connectivity index (χ0n) is 12.2. The van der Waals surface area contributed by atoms with E-state index in [0.717, 1.165) is 12.8 Å². The van der Waals surface area contributed by atoms with E-state index in [9.17, 15) is 14.7 Å². The number of hydrogen-bond donors (Lipinski definition) is 2. The summed E-state index contributed by atoms with van der Waals surface area (Å²) in [5.74, 6) is -0.726. The van der Waals surface area contributed by atoms with Crippen molar-refractivity contribution >= 4 is 12.0 Å². The van der Waals surface area contributed by atoms with Gasteiger partial charge in [0.15, 0.2) is 0 Å². The summed E-state index contributed by atoms with van der Waals surface area (Å²) >= 11 is 0. The third kappa shape index (κ3) is 2.90. The van der Waals surface area contributed by atoms with Crippen molar-refractivity contribution in [3.63, 3.8) is 0 Å². The number of carbonyl (C=O) groups is 2. The lowest BCUT2D eigenvalue weighted by Crippen LogP contribution is -2.53. The van der Waals surface area contributed by atoms with Crippen LogP contribution in [-0.4, -0.2) is 59.1 Å². The Morgan fingerprint density at radius 1 is 1.15 bits per heavy atom. The summed E-state index contributed by atoms with van der Waals surface area (Å²) in [6, 6.07) is 0.257. The molecule has 2 amide bonds. The van der Waals surface area contributed by atoms with E-state index in [2.05, 4.69) is 0 Å². The minimum atomic E-state index is -0.726. The van der Waals surface area contributed by atoms with E-state index in [0.29, 0.717) is 45.4 Å². The number of aliphatic carboxylic acids is 1. The molecule has 0 aromatic heterocycles. The Bertz CT molecular complexity index is 370. The summed E-state index contributed by atoms with van der Waals surface area (Å²) in [6.07, 6.45) is 3.44. The average molecular weight is 283 g/mol. The van der Waals surface area contributed by atoms with Crippen LogP contribution in [0.15, 0.2) is 0 Å². The van der Waals surface area contributed by atoms with E-state index < -0.39 is 11.4 Å². The molecule has 2 fully saturated rings. The van der Waals surface area contributed by atoms with Gasteiger partial charge < -0.3 is 20.6 Å². The van der Waals surface area contributed by atoms with Crippen LogP contribution in [0, 0.1) is 5.41 Å². The molecule has 6 nitrogen and oxygen atoms in total. The number of carbonyl (C=O) groups excluding carboxylic acids is 1. The molecule has 0 atom stereocenters. The highest BCUT2D eigenvalue weighted by molar-refractivity contribution is 5.77. The van der Waals surface area contributed by atoms with Gasteiger partial charge in [0.25, 0.3) is 0 Å². The molecule has 2 rings (SSSR count). The van der Waals surface area contributed by atoms with E-state index in [4.69, 9.17) is 5.73 Å². The van der Waals surface area contributed by atoms with Crippen molar-refractivity contribution in [1.29, 1.82) is 0 Å². The second-order valence-corrected chi connectivity index (χ2v) is 6.03. The first-order valence-corrected chi connectivity index (χ1v) is 7.51. The maximum absolute atomic E-state index is 12.4. The fourth-order valence-corrected chi connectivity index (χ4v) is 3.14. The number of hydrogen-bond acceptors (Lipinski definition) is 3. The van der Waals surface area contributed by atoms with Crippen LogP contribution in [0.4, 0.5) is 4.79 Å². The largest absolute Gasteiger partial charge is 0.481 e. The highest BCUT2D eigenvalue weighted by atomic mass is 16.4. The first kappa shape index (κ1) is 15.1. The van der Waals surface area contributed by atoms with Crippen LogP contribution in [0.25, 0.3) is 0 Å². The van der Waals surface area contributed by atoms with Crippen LogP contribution < -0.4 is 5.73 Å². The Morgan fingerprint density at radius 2 is 1.65 bits per heavy atom. The smallest absolute Gasteiger partial charge is 0.320 e. The number of carboxylic acids is 1. The molecule has 0 aliphatic carbocycles. The fraction of sp³-hybridized carbons (Fsp3) is 0.857. The molecule has 6 heteroatoms. The van der Waals surface area contributed by atoms with Gasteiger partial charge in [0.05, 0.1) is 5.41 Å². The maximum atomic E-state index is 12.4. The first-order chi connectivity index (χ1) is 9.48. The van der Waals surface area contributed by atoms with Crippen molar-refractivity contribution in [3.8, 4) is 0 Å². The first-order valence-electron chi connectivity index (χ1n) is 7.51. The van der Waals surface area contributed by atoms with E-state index in [1.807, 2.05) is 11.8 Å². The number of nitrogens with two attached hydrogens (primary N) is 1. The molecule has 20 heavy (non-hydrogen) atoms. The average Bonchev–Trinajstić information content (AvgIpc) is 2.47. The van der Waals surface area contributed by atoms with Gasteiger partial charge in [0, 0.05) is 32.2 Å². The number of amides is 2. The Labute approximate surface area is 119 Å². The summed E-state index contributed by atoms with van der Waals surface area (Å²) in [4.78, 5) is 27.4. The van der Waals surface area contributed by atoms with Crippen molar-refractivity contribution < 1.29 is 14.7 Å². The lowest BCUT2D eigenvalue weighted by atomic mass is 9.76. The monoisotopic (exact) mass is 283 g/mol. The minimum Gasteiger partial charge on any atom is -0.481 e. The third-order valence-electron chi connectivity index (χ3n) is 4.93. The van der Waals surface area contributed by atoms with Crippen molar-refractivity contribution in [2.45, 2.75) is 45.1 Å². The molecule has 0 unspecified atom stereocenters. The number of piperidine rings is 2. The Morgan fingerprint density at radius 3 is 2.10 bits per heavy atom. The molecule has 2 saturated heterocycles. The molecule has 0 aromatic rings. The van der Waals surface area contributed by atoms with Crippen LogP contribution in [0.1, 0.15) is 39.0 Å². The number of nitrogens with zero attached hydrogens (tertiary/aromatic N) is 2. The second kappa shape index (κ2) is 5.99. The molecule has 2 aliphatic heterocycles. The minimum absolute atomic E-state index is 0.0481. The zero-order valence-corrected chi connectivity index (χ0v) is 12.2. The van der Waals surface area contributed by atoms with Crippen LogP contribution >= 0.6 is 0 Å². The van der Waals surface area contributed by atoms with E-state index >= 15 is 0 Å². The number of urea groups is 1. The second-order valence-electron chi connectivity index (χ2n) is 6.03. The van der Waals surface area contributed by atoms with Gasteiger partial charge in [-0.15, -0.1) is 0 Å². The van der Waals surface area contributed by atoms with Crippen molar-refractivity contribution in [2.24, 2.45) is 11.1 Å². The standard InChI is InChI=1S/C14H25N3O3/c1-2-14(12(18)19)5-9-17(10-6-14)13(20)16-7-3-11(15)4-8-16/h11H,2-10,15H2,1H3,(H,18,19). The maximum Gasteiger partial charge on any atom is 0.320 e. The molecular formula is C14H25N3O3. The normalized spacial score (nSPS) is 23.7. The van der Waals surface area contributed by atoms with Crippen LogP contribution in [0.2, 0.25) is 0 Å². The molecule has 0 bridgehead atoms. The van der Waals surface area contributed by atoms with Gasteiger partial charge in [-0.2, -0.15) is 0 Å². The summed E-state index contributed by atoms with van der Waals surface area (Å²) in [5.41, 5.74) is 5.21. The summed E-state index contributed by atoms with van der Waals surface area (Å²) in [7, 11) is 0. The topological polar surface area (TPSA) is 86.9 Å². The number of rotatable bonds is 2. The molecule has 2 heterocycles. The molecule has 3 N–H and O–H groups in total. The van der Waals surface area contributed by atoms with Gasteiger partial charge in [-0.3, -0.25) is 4.79 Å². The van der Waals surface area contributed by atoms with Gasteiger partial charge in [-0.25, -0.2) is 4.79 Å². The van der Waals surface area contributed by atoms with Gasteiger partial charge in [-0.05, 0) is 32.1 Å². The quantitative estimate of drug-likeness (QED) is 0.794. The summed E-state index contributed by atoms with van der Waals surface area (Å²) < 4.78 is 0. The van der Waals surface area contributed by atoms with Crippen molar-refractivity contribution in [2.75, 3.05) is 26.2 Å².